The van der Waals surface area contributed by atoms with Crippen molar-refractivity contribution in [1.29, 1.82) is 0 Å². The van der Waals surface area contributed by atoms with Crippen LogP contribution >= 0.6 is 0 Å². The summed E-state index contributed by atoms with van der Waals surface area (Å²) < 4.78 is 0. The van der Waals surface area contributed by atoms with E-state index in [4.69, 9.17) is 19.6 Å². The van der Waals surface area contributed by atoms with Gasteiger partial charge in [-0.1, -0.05) is 38.0 Å². The summed E-state index contributed by atoms with van der Waals surface area (Å²) in [6.45, 7) is 7.71. The van der Waals surface area contributed by atoms with Gasteiger partial charge in [0.2, 0.25) is 6.29 Å². The standard InChI is InChI=1S/C17H26O5/c1-5-6-8-13-15(20-22-17(2,3)4)19-21-16(18)14-11-9-7-10-12-14/h7,9-12,15H,5-6,8,13H2,1-4H3. The minimum atomic E-state index is -0.738. The van der Waals surface area contributed by atoms with Crippen LogP contribution in [0.5, 0.6) is 0 Å². The van der Waals surface area contributed by atoms with Gasteiger partial charge in [-0.25, -0.2) is 9.68 Å². The molecule has 0 spiro atoms. The monoisotopic (exact) mass is 310 g/mol. The van der Waals surface area contributed by atoms with Gasteiger partial charge in [0.15, 0.2) is 0 Å². The lowest BCUT2D eigenvalue weighted by Crippen LogP contribution is -2.27. The average molecular weight is 310 g/mol. The number of unbranched alkanes of at least 4 members (excludes halogenated alkanes) is 2. The molecule has 0 aliphatic heterocycles. The first-order valence-corrected chi connectivity index (χ1v) is 7.69. The van der Waals surface area contributed by atoms with Crippen LogP contribution in [0.1, 0.15) is 63.7 Å². The number of hydrogen-bond acceptors (Lipinski definition) is 5. The van der Waals surface area contributed by atoms with E-state index in [1.165, 1.54) is 0 Å². The van der Waals surface area contributed by atoms with Crippen LogP contribution < -0.4 is 0 Å². The maximum Gasteiger partial charge on any atom is 0.373 e. The lowest BCUT2D eigenvalue weighted by molar-refractivity contribution is -0.467. The molecule has 0 aliphatic carbocycles. The van der Waals surface area contributed by atoms with Crippen molar-refractivity contribution in [2.24, 2.45) is 0 Å². The van der Waals surface area contributed by atoms with E-state index in [0.29, 0.717) is 12.0 Å². The SMILES string of the molecule is CCCCCC(OOC(=O)c1ccccc1)OOC(C)(C)C. The van der Waals surface area contributed by atoms with Crippen molar-refractivity contribution in [3.63, 3.8) is 0 Å². The average Bonchev–Trinajstić information content (AvgIpc) is 2.49. The number of rotatable bonds is 9. The number of carbonyl (C=O) groups excluding carboxylic acids is 1. The second-order valence-electron chi connectivity index (χ2n) is 6.05. The summed E-state index contributed by atoms with van der Waals surface area (Å²) in [4.78, 5) is 32.3. The van der Waals surface area contributed by atoms with Crippen molar-refractivity contribution in [3.8, 4) is 0 Å². The molecule has 5 nitrogen and oxygen atoms in total. The molecule has 0 aromatic heterocycles. The third-order valence-corrected chi connectivity index (χ3v) is 2.69. The quantitative estimate of drug-likeness (QED) is 0.292. The molecule has 0 amide bonds. The van der Waals surface area contributed by atoms with Gasteiger partial charge in [0, 0.05) is 6.42 Å². The molecular formula is C17H26O5. The molecule has 124 valence electrons. The smallest absolute Gasteiger partial charge is 0.290 e. The van der Waals surface area contributed by atoms with Gasteiger partial charge in [-0.15, -0.1) is 4.89 Å². The van der Waals surface area contributed by atoms with E-state index in [0.717, 1.165) is 19.3 Å². The van der Waals surface area contributed by atoms with Crippen LogP contribution in [0.2, 0.25) is 0 Å². The summed E-state index contributed by atoms with van der Waals surface area (Å²) in [5, 5.41) is 0. The van der Waals surface area contributed by atoms with Crippen LogP contribution in [0.25, 0.3) is 0 Å². The molecule has 1 atom stereocenters. The van der Waals surface area contributed by atoms with Crippen LogP contribution in [0, 0.1) is 0 Å². The number of hydrogen-bond donors (Lipinski definition) is 0. The fourth-order valence-corrected chi connectivity index (χ4v) is 1.59. The molecule has 1 unspecified atom stereocenters. The molecule has 0 aliphatic rings. The highest BCUT2D eigenvalue weighted by atomic mass is 17.3. The van der Waals surface area contributed by atoms with E-state index in [1.807, 2.05) is 26.8 Å². The predicted octanol–water partition coefficient (Wildman–Crippen LogP) is 4.43. The Morgan fingerprint density at radius 2 is 1.77 bits per heavy atom. The fraction of sp³-hybridized carbons (Fsp3) is 0.588. The Bertz CT molecular complexity index is 424. The van der Waals surface area contributed by atoms with Crippen molar-refractivity contribution in [2.45, 2.75) is 65.3 Å². The zero-order valence-electron chi connectivity index (χ0n) is 13.8. The highest BCUT2D eigenvalue weighted by molar-refractivity contribution is 5.88. The molecular weight excluding hydrogens is 284 g/mol. The third kappa shape index (κ3) is 8.12. The summed E-state index contributed by atoms with van der Waals surface area (Å²) >= 11 is 0. The van der Waals surface area contributed by atoms with E-state index in [9.17, 15) is 4.79 Å². The Kier molecular flexibility index (Phi) is 8.09. The molecule has 1 rings (SSSR count). The van der Waals surface area contributed by atoms with E-state index in [-0.39, 0.29) is 0 Å². The molecule has 0 fully saturated rings. The fourth-order valence-electron chi connectivity index (χ4n) is 1.59. The van der Waals surface area contributed by atoms with Gasteiger partial charge in [-0.05, 0) is 39.3 Å². The van der Waals surface area contributed by atoms with Crippen LogP contribution in [-0.2, 0) is 19.6 Å². The number of benzene rings is 1. The molecule has 0 saturated heterocycles. The van der Waals surface area contributed by atoms with Crippen molar-refractivity contribution in [3.05, 3.63) is 35.9 Å². The first kappa shape index (κ1) is 18.6. The Morgan fingerprint density at radius 3 is 2.36 bits per heavy atom. The Balaban J connectivity index is 2.46. The maximum atomic E-state index is 11.8. The minimum Gasteiger partial charge on any atom is -0.290 e. The van der Waals surface area contributed by atoms with E-state index in [2.05, 4.69) is 6.92 Å². The van der Waals surface area contributed by atoms with Gasteiger partial charge in [0.05, 0.1) is 11.2 Å². The third-order valence-electron chi connectivity index (χ3n) is 2.69. The molecule has 1 aromatic carbocycles. The molecule has 0 radical (unpaired) electrons. The van der Waals surface area contributed by atoms with E-state index in [1.54, 1.807) is 24.3 Å². The van der Waals surface area contributed by atoms with Crippen LogP contribution in [0.3, 0.4) is 0 Å². The second-order valence-corrected chi connectivity index (χ2v) is 6.05. The van der Waals surface area contributed by atoms with Crippen molar-refractivity contribution in [2.75, 3.05) is 0 Å². The lowest BCUT2D eigenvalue weighted by atomic mass is 10.2. The normalized spacial score (nSPS) is 12.9. The zero-order valence-corrected chi connectivity index (χ0v) is 13.8. The minimum absolute atomic E-state index is 0.423. The summed E-state index contributed by atoms with van der Waals surface area (Å²) in [7, 11) is 0. The van der Waals surface area contributed by atoms with Crippen LogP contribution in [0.4, 0.5) is 0 Å². The molecule has 0 N–H and O–H groups in total. The molecule has 22 heavy (non-hydrogen) atoms. The largest absolute Gasteiger partial charge is 0.373 e. The second kappa shape index (κ2) is 9.56. The Hall–Kier alpha value is -1.43. The van der Waals surface area contributed by atoms with Gasteiger partial charge in [0.25, 0.3) is 0 Å². The highest BCUT2D eigenvalue weighted by Gasteiger charge is 2.20. The van der Waals surface area contributed by atoms with Crippen LogP contribution in [0.15, 0.2) is 30.3 Å². The van der Waals surface area contributed by atoms with Crippen molar-refractivity contribution >= 4 is 5.97 Å². The molecule has 0 bridgehead atoms. The van der Waals surface area contributed by atoms with Gasteiger partial charge in [0.1, 0.15) is 0 Å². The van der Waals surface area contributed by atoms with Crippen molar-refractivity contribution < 1.29 is 24.3 Å². The van der Waals surface area contributed by atoms with Gasteiger partial charge < -0.3 is 0 Å². The van der Waals surface area contributed by atoms with Gasteiger partial charge >= 0.3 is 5.97 Å². The lowest BCUT2D eigenvalue weighted by Gasteiger charge is -2.22. The zero-order chi connectivity index (χ0) is 16.4. The summed E-state index contributed by atoms with van der Waals surface area (Å²) in [5.41, 5.74) is -0.0398. The van der Waals surface area contributed by atoms with Crippen molar-refractivity contribution in [1.82, 2.24) is 0 Å². The molecule has 0 heterocycles. The highest BCUT2D eigenvalue weighted by Crippen LogP contribution is 2.15. The molecule has 5 heteroatoms. The van der Waals surface area contributed by atoms with E-state index < -0.39 is 17.9 Å². The maximum absolute atomic E-state index is 11.8. The first-order chi connectivity index (χ1) is 10.4. The first-order valence-electron chi connectivity index (χ1n) is 7.69. The Labute approximate surface area is 132 Å². The summed E-state index contributed by atoms with van der Waals surface area (Å²) in [6.07, 6.45) is 2.88. The van der Waals surface area contributed by atoms with E-state index >= 15 is 0 Å². The summed E-state index contributed by atoms with van der Waals surface area (Å²) in [5.74, 6) is -0.555. The summed E-state index contributed by atoms with van der Waals surface area (Å²) in [6, 6.07) is 8.66. The Morgan fingerprint density at radius 1 is 1.09 bits per heavy atom. The van der Waals surface area contributed by atoms with Gasteiger partial charge in [-0.3, -0.25) is 4.89 Å². The molecule has 0 saturated carbocycles. The van der Waals surface area contributed by atoms with Crippen LogP contribution in [-0.4, -0.2) is 17.9 Å². The topological polar surface area (TPSA) is 54.0 Å². The molecule has 1 aromatic rings. The van der Waals surface area contributed by atoms with Gasteiger partial charge in [-0.2, -0.15) is 4.89 Å². The number of carbonyl (C=O) groups is 1. The predicted molar refractivity (Wildman–Crippen MR) is 82.8 cm³/mol.